The fourth-order valence-electron chi connectivity index (χ4n) is 6.10. The highest BCUT2D eigenvalue weighted by atomic mass is 16.5. The minimum absolute atomic E-state index is 0.160. The van der Waals surface area contributed by atoms with Gasteiger partial charge in [-0.15, -0.1) is 0 Å². The van der Waals surface area contributed by atoms with Gasteiger partial charge >= 0.3 is 5.97 Å². The van der Waals surface area contributed by atoms with E-state index >= 15 is 0 Å². The van der Waals surface area contributed by atoms with E-state index in [1.807, 2.05) is 13.0 Å². The second-order valence-corrected chi connectivity index (χ2v) is 8.40. The Hall–Kier alpha value is -1.77. The Labute approximate surface area is 156 Å². The van der Waals surface area contributed by atoms with Crippen LogP contribution in [0.3, 0.4) is 0 Å². The number of rotatable bonds is 3. The summed E-state index contributed by atoms with van der Waals surface area (Å²) >= 11 is 0. The van der Waals surface area contributed by atoms with Crippen molar-refractivity contribution in [1.82, 2.24) is 0 Å². The molecule has 1 aromatic rings. The van der Waals surface area contributed by atoms with Crippen LogP contribution >= 0.6 is 0 Å². The first kappa shape index (κ1) is 17.6. The van der Waals surface area contributed by atoms with E-state index in [4.69, 9.17) is 9.47 Å². The topological polar surface area (TPSA) is 35.5 Å². The molecule has 0 unspecified atom stereocenters. The van der Waals surface area contributed by atoms with Gasteiger partial charge < -0.3 is 9.47 Å². The van der Waals surface area contributed by atoms with Crippen LogP contribution in [0.15, 0.2) is 29.8 Å². The van der Waals surface area contributed by atoms with Gasteiger partial charge in [-0.25, -0.2) is 4.79 Å². The molecular weight excluding hydrogens is 324 g/mol. The molecule has 0 heterocycles. The van der Waals surface area contributed by atoms with E-state index in [9.17, 15) is 4.79 Å². The predicted molar refractivity (Wildman–Crippen MR) is 102 cm³/mol. The Morgan fingerprint density at radius 3 is 2.88 bits per heavy atom. The summed E-state index contributed by atoms with van der Waals surface area (Å²) in [6.07, 6.45) is 8.89. The number of fused-ring (bicyclic) bond motifs is 5. The normalized spacial score (nSPS) is 34.0. The van der Waals surface area contributed by atoms with E-state index in [2.05, 4.69) is 25.1 Å². The number of hydrogen-bond donors (Lipinski definition) is 0. The quantitative estimate of drug-likeness (QED) is 0.563. The molecule has 26 heavy (non-hydrogen) atoms. The summed E-state index contributed by atoms with van der Waals surface area (Å²) in [6, 6.07) is 6.66. The lowest BCUT2D eigenvalue weighted by molar-refractivity contribution is -0.137. The van der Waals surface area contributed by atoms with Crippen LogP contribution in [0.2, 0.25) is 0 Å². The predicted octanol–water partition coefficient (Wildman–Crippen LogP) is 5.04. The molecule has 0 amide bonds. The van der Waals surface area contributed by atoms with Gasteiger partial charge in [-0.2, -0.15) is 0 Å². The Balaban J connectivity index is 1.61. The van der Waals surface area contributed by atoms with Gasteiger partial charge in [-0.1, -0.05) is 18.6 Å². The lowest BCUT2D eigenvalue weighted by atomic mass is 9.55. The van der Waals surface area contributed by atoms with Crippen LogP contribution in [-0.4, -0.2) is 19.7 Å². The molecule has 0 aliphatic heterocycles. The summed E-state index contributed by atoms with van der Waals surface area (Å²) in [7, 11) is 1.75. The zero-order valence-corrected chi connectivity index (χ0v) is 16.2. The average Bonchev–Trinajstić information content (AvgIpc) is 2.97. The fraction of sp³-hybridized carbons (Fsp3) is 0.609. The van der Waals surface area contributed by atoms with Crippen molar-refractivity contribution in [2.24, 2.45) is 17.3 Å². The van der Waals surface area contributed by atoms with Gasteiger partial charge in [-0.3, -0.25) is 0 Å². The lowest BCUT2D eigenvalue weighted by Gasteiger charge is -2.49. The first-order valence-electron chi connectivity index (χ1n) is 10.1. The van der Waals surface area contributed by atoms with Crippen LogP contribution in [0, 0.1) is 17.3 Å². The molecule has 0 radical (unpaired) electrons. The second-order valence-electron chi connectivity index (χ2n) is 8.40. The highest BCUT2D eigenvalue weighted by molar-refractivity contribution is 5.83. The number of benzene rings is 1. The summed E-state index contributed by atoms with van der Waals surface area (Å²) in [6.45, 7) is 4.72. The largest absolute Gasteiger partial charge is 0.497 e. The number of esters is 1. The molecule has 140 valence electrons. The molecule has 2 saturated carbocycles. The first-order chi connectivity index (χ1) is 12.6. The number of allylic oxidation sites excluding steroid dienone is 1. The Kier molecular flexibility index (Phi) is 4.58. The van der Waals surface area contributed by atoms with Gasteiger partial charge in [0.05, 0.1) is 13.7 Å². The highest BCUT2D eigenvalue weighted by Gasteiger charge is 2.52. The van der Waals surface area contributed by atoms with Crippen molar-refractivity contribution in [1.29, 1.82) is 0 Å². The maximum Gasteiger partial charge on any atom is 0.330 e. The van der Waals surface area contributed by atoms with Crippen molar-refractivity contribution in [3.05, 3.63) is 41.0 Å². The standard InChI is InChI=1S/C23H30O3/c1-4-26-22(24)14-16-6-10-21-20-8-5-15-13-17(25-3)7-9-18(15)19(20)11-12-23(16,21)2/h7,9,13-14,19-21H,4-6,8,10-12H2,1-3H3/t19-,20-,21-,23-/m1/s1. The van der Waals surface area contributed by atoms with E-state index < -0.39 is 0 Å². The Bertz CT molecular complexity index is 735. The number of carbonyl (C=O) groups is 1. The molecule has 0 saturated heterocycles. The molecule has 3 nitrogen and oxygen atoms in total. The van der Waals surface area contributed by atoms with Crippen molar-refractivity contribution in [3.8, 4) is 5.75 Å². The van der Waals surface area contributed by atoms with Crippen LogP contribution in [0.4, 0.5) is 0 Å². The van der Waals surface area contributed by atoms with Gasteiger partial charge in [0.1, 0.15) is 5.75 Å². The molecule has 3 aliphatic carbocycles. The van der Waals surface area contributed by atoms with Crippen molar-refractivity contribution in [2.45, 2.75) is 58.3 Å². The summed E-state index contributed by atoms with van der Waals surface area (Å²) in [5.74, 6) is 2.92. The van der Waals surface area contributed by atoms with Crippen LogP contribution in [0.5, 0.6) is 5.75 Å². The number of aryl methyl sites for hydroxylation is 1. The van der Waals surface area contributed by atoms with E-state index in [1.165, 1.54) is 36.8 Å². The summed E-state index contributed by atoms with van der Waals surface area (Å²) in [4.78, 5) is 12.0. The smallest absolute Gasteiger partial charge is 0.330 e. The van der Waals surface area contributed by atoms with Crippen LogP contribution in [-0.2, 0) is 16.0 Å². The number of ether oxygens (including phenoxy) is 2. The van der Waals surface area contributed by atoms with Crippen molar-refractivity contribution in [2.75, 3.05) is 13.7 Å². The van der Waals surface area contributed by atoms with Crippen molar-refractivity contribution >= 4 is 5.97 Å². The van der Waals surface area contributed by atoms with E-state index in [0.717, 1.165) is 24.5 Å². The number of methoxy groups -OCH3 is 1. The minimum Gasteiger partial charge on any atom is -0.497 e. The summed E-state index contributed by atoms with van der Waals surface area (Å²) in [5, 5.41) is 0. The minimum atomic E-state index is -0.160. The third kappa shape index (κ3) is 2.76. The Morgan fingerprint density at radius 1 is 1.27 bits per heavy atom. The third-order valence-electron chi connectivity index (χ3n) is 7.36. The molecule has 3 aliphatic rings. The second kappa shape index (κ2) is 6.75. The zero-order valence-electron chi connectivity index (χ0n) is 16.2. The average molecular weight is 354 g/mol. The van der Waals surface area contributed by atoms with Gasteiger partial charge in [0.25, 0.3) is 0 Å². The monoisotopic (exact) mass is 354 g/mol. The SMILES string of the molecule is CCOC(=O)C=C1CC[C@@H]2[C@@H]3CCc4cc(OC)ccc4[C@H]3CC[C@]12C. The highest BCUT2D eigenvalue weighted by Crippen LogP contribution is 2.62. The van der Waals surface area contributed by atoms with Crippen LogP contribution < -0.4 is 4.74 Å². The van der Waals surface area contributed by atoms with Crippen LogP contribution in [0.25, 0.3) is 0 Å². The van der Waals surface area contributed by atoms with Gasteiger partial charge in [0.15, 0.2) is 0 Å². The molecule has 1 aromatic carbocycles. The van der Waals surface area contributed by atoms with E-state index in [1.54, 1.807) is 12.7 Å². The summed E-state index contributed by atoms with van der Waals surface area (Å²) < 4.78 is 10.6. The lowest BCUT2D eigenvalue weighted by Crippen LogP contribution is -2.40. The molecule has 4 atom stereocenters. The third-order valence-corrected chi connectivity index (χ3v) is 7.36. The number of hydrogen-bond acceptors (Lipinski definition) is 3. The molecule has 0 N–H and O–H groups in total. The van der Waals surface area contributed by atoms with Crippen molar-refractivity contribution in [3.63, 3.8) is 0 Å². The molecule has 0 bridgehead atoms. The van der Waals surface area contributed by atoms with Gasteiger partial charge in [-0.05, 0) is 91.9 Å². The first-order valence-corrected chi connectivity index (χ1v) is 10.1. The molecule has 3 heteroatoms. The van der Waals surface area contributed by atoms with Gasteiger partial charge in [0, 0.05) is 6.08 Å². The van der Waals surface area contributed by atoms with E-state index in [0.29, 0.717) is 18.4 Å². The fourth-order valence-corrected chi connectivity index (χ4v) is 6.10. The van der Waals surface area contributed by atoms with E-state index in [-0.39, 0.29) is 11.4 Å². The molecule has 4 rings (SSSR count). The zero-order chi connectivity index (χ0) is 18.3. The van der Waals surface area contributed by atoms with Gasteiger partial charge in [0.2, 0.25) is 0 Å². The number of carbonyl (C=O) groups excluding carboxylic acids is 1. The van der Waals surface area contributed by atoms with Crippen molar-refractivity contribution < 1.29 is 14.3 Å². The Morgan fingerprint density at radius 2 is 2.12 bits per heavy atom. The molecular formula is C23H30O3. The molecule has 0 aromatic heterocycles. The maximum absolute atomic E-state index is 12.0. The van der Waals surface area contributed by atoms with Crippen LogP contribution in [0.1, 0.15) is 63.0 Å². The maximum atomic E-state index is 12.0. The molecule has 2 fully saturated rings. The molecule has 0 spiro atoms. The summed E-state index contributed by atoms with van der Waals surface area (Å²) in [5.41, 5.74) is 4.54.